The second-order valence-electron chi connectivity index (χ2n) is 7.28. The second-order valence-corrected chi connectivity index (χ2v) is 10.3. The minimum Gasteiger partial charge on any atom is -0.465 e. The number of aromatic nitrogens is 3. The van der Waals surface area contributed by atoms with Gasteiger partial charge in [0, 0.05) is 29.6 Å². The Morgan fingerprint density at radius 3 is 2.87 bits per heavy atom. The number of thiazole rings is 1. The molecule has 4 heterocycles. The molecule has 1 atom stereocenters. The molecule has 1 aliphatic heterocycles. The van der Waals surface area contributed by atoms with Crippen molar-refractivity contribution in [2.75, 3.05) is 11.9 Å². The van der Waals surface area contributed by atoms with Crippen LogP contribution < -0.4 is 10.9 Å². The average molecular weight is 480 g/mol. The van der Waals surface area contributed by atoms with E-state index in [2.05, 4.69) is 15.3 Å². The summed E-state index contributed by atoms with van der Waals surface area (Å²) < 4.78 is 1.56. The van der Waals surface area contributed by atoms with Gasteiger partial charge in [-0.3, -0.25) is 19.1 Å². The van der Waals surface area contributed by atoms with Gasteiger partial charge in [0.25, 0.3) is 5.56 Å². The number of amides is 2. The van der Waals surface area contributed by atoms with Gasteiger partial charge in [0.05, 0.1) is 11.1 Å². The summed E-state index contributed by atoms with van der Waals surface area (Å²) in [5.74, 6) is 0.137. The molecule has 1 fully saturated rings. The third-order valence-corrected chi connectivity index (χ3v) is 8.27. The fourth-order valence-corrected chi connectivity index (χ4v) is 6.26. The second kappa shape index (κ2) is 8.60. The first-order valence-electron chi connectivity index (χ1n) is 9.60. The van der Waals surface area contributed by atoms with Gasteiger partial charge in [-0.05, 0) is 32.3 Å². The lowest BCUT2D eigenvalue weighted by Crippen LogP contribution is -2.42. The number of fused-ring (bicyclic) bond motifs is 1. The lowest BCUT2D eigenvalue weighted by Gasteiger charge is -2.19. The number of nitrogens with zero attached hydrogens (tertiary/aromatic N) is 4. The van der Waals surface area contributed by atoms with Crippen LogP contribution in [0.1, 0.15) is 29.0 Å². The maximum Gasteiger partial charge on any atom is 0.407 e. The molecule has 0 bridgehead atoms. The Bertz CT molecular complexity index is 1230. The molecular formula is C19H21N5O4S3. The highest BCUT2D eigenvalue weighted by Crippen LogP contribution is 2.29. The van der Waals surface area contributed by atoms with Gasteiger partial charge in [-0.1, -0.05) is 11.8 Å². The quantitative estimate of drug-likeness (QED) is 0.425. The van der Waals surface area contributed by atoms with E-state index in [-0.39, 0.29) is 11.5 Å². The normalized spacial score (nSPS) is 16.2. The number of thioether (sulfide) groups is 1. The molecule has 0 aromatic carbocycles. The van der Waals surface area contributed by atoms with Gasteiger partial charge in [0.1, 0.15) is 10.9 Å². The van der Waals surface area contributed by atoms with Gasteiger partial charge in [0.15, 0.2) is 10.3 Å². The smallest absolute Gasteiger partial charge is 0.407 e. The molecule has 0 aliphatic carbocycles. The molecule has 31 heavy (non-hydrogen) atoms. The van der Waals surface area contributed by atoms with Gasteiger partial charge in [-0.2, -0.15) is 0 Å². The van der Waals surface area contributed by atoms with Crippen LogP contribution in [0.5, 0.6) is 0 Å². The van der Waals surface area contributed by atoms with Crippen LogP contribution in [0.25, 0.3) is 10.2 Å². The molecule has 1 unspecified atom stereocenters. The molecule has 9 nitrogen and oxygen atoms in total. The number of thiophene rings is 1. The van der Waals surface area contributed by atoms with Crippen LogP contribution in [0.4, 0.5) is 9.93 Å². The molecular weight excluding hydrogens is 458 g/mol. The minimum absolute atomic E-state index is 0.0554. The summed E-state index contributed by atoms with van der Waals surface area (Å²) in [5.41, 5.74) is 1.67. The highest BCUT2D eigenvalue weighted by atomic mass is 32.2. The Kier molecular flexibility index (Phi) is 6.04. The Labute approximate surface area is 190 Å². The van der Waals surface area contributed by atoms with E-state index in [9.17, 15) is 19.5 Å². The maximum atomic E-state index is 12.7. The van der Waals surface area contributed by atoms with Gasteiger partial charge in [0.2, 0.25) is 5.91 Å². The van der Waals surface area contributed by atoms with E-state index in [4.69, 9.17) is 0 Å². The minimum atomic E-state index is -1.08. The number of hydrogen-bond donors (Lipinski definition) is 2. The summed E-state index contributed by atoms with van der Waals surface area (Å²) >= 11 is 4.22. The van der Waals surface area contributed by atoms with Crippen molar-refractivity contribution < 1.29 is 14.7 Å². The zero-order valence-corrected chi connectivity index (χ0v) is 19.6. The SMILES string of the molecule is Cc1sc2nc(SCc3csc(NC(=O)C4CCCN4C(=O)O)n3)n(C)c(=O)c2c1C. The zero-order chi connectivity index (χ0) is 22.3. The highest BCUT2D eigenvalue weighted by Gasteiger charge is 2.34. The van der Waals surface area contributed by atoms with E-state index in [1.165, 1.54) is 34.4 Å². The molecule has 0 saturated carbocycles. The molecule has 12 heteroatoms. The van der Waals surface area contributed by atoms with Crippen LogP contribution in [0.2, 0.25) is 0 Å². The molecule has 3 aromatic heterocycles. The van der Waals surface area contributed by atoms with Crippen molar-refractivity contribution in [3.05, 3.63) is 31.9 Å². The number of aryl methyl sites for hydroxylation is 2. The number of rotatable bonds is 5. The number of carbonyl (C=O) groups is 2. The molecule has 2 amide bonds. The summed E-state index contributed by atoms with van der Waals surface area (Å²) in [4.78, 5) is 48.5. The maximum absolute atomic E-state index is 12.7. The van der Waals surface area contributed by atoms with Crippen LogP contribution in [0, 0.1) is 13.8 Å². The van der Waals surface area contributed by atoms with Gasteiger partial charge >= 0.3 is 6.09 Å². The highest BCUT2D eigenvalue weighted by molar-refractivity contribution is 7.98. The fourth-order valence-electron chi connectivity index (χ4n) is 3.51. The molecule has 2 N–H and O–H groups in total. The molecule has 1 saturated heterocycles. The van der Waals surface area contributed by atoms with E-state index < -0.39 is 12.1 Å². The van der Waals surface area contributed by atoms with Crippen LogP contribution in [0.15, 0.2) is 15.3 Å². The molecule has 3 aromatic rings. The zero-order valence-electron chi connectivity index (χ0n) is 17.2. The number of nitrogens with one attached hydrogen (secondary N) is 1. The average Bonchev–Trinajstić information content (AvgIpc) is 3.44. The molecule has 1 aliphatic rings. The summed E-state index contributed by atoms with van der Waals surface area (Å²) in [7, 11) is 1.71. The van der Waals surface area contributed by atoms with Crippen LogP contribution >= 0.6 is 34.4 Å². The van der Waals surface area contributed by atoms with Crippen molar-refractivity contribution in [1.29, 1.82) is 0 Å². The molecule has 0 radical (unpaired) electrons. The largest absolute Gasteiger partial charge is 0.465 e. The predicted molar refractivity (Wildman–Crippen MR) is 122 cm³/mol. The lowest BCUT2D eigenvalue weighted by molar-refractivity contribution is -0.119. The first-order chi connectivity index (χ1) is 14.8. The Morgan fingerprint density at radius 1 is 1.35 bits per heavy atom. The molecule has 4 rings (SSSR count). The Hall–Kier alpha value is -2.44. The van der Waals surface area contributed by atoms with E-state index in [1.807, 2.05) is 19.2 Å². The van der Waals surface area contributed by atoms with Crippen LogP contribution in [-0.4, -0.2) is 49.1 Å². The van der Waals surface area contributed by atoms with E-state index in [1.54, 1.807) is 11.6 Å². The van der Waals surface area contributed by atoms with Crippen LogP contribution in [0.3, 0.4) is 0 Å². The third kappa shape index (κ3) is 4.19. The van der Waals surface area contributed by atoms with Crippen molar-refractivity contribution in [3.8, 4) is 0 Å². The first kappa shape index (κ1) is 21.8. The Balaban J connectivity index is 1.44. The summed E-state index contributed by atoms with van der Waals surface area (Å²) in [6.45, 7) is 4.29. The summed E-state index contributed by atoms with van der Waals surface area (Å²) in [5, 5.41) is 15.5. The number of carbonyl (C=O) groups excluding carboxylic acids is 1. The fraction of sp³-hybridized carbons (Fsp3) is 0.421. The topological polar surface area (TPSA) is 117 Å². The van der Waals surface area contributed by atoms with Crippen molar-refractivity contribution in [2.24, 2.45) is 7.05 Å². The monoisotopic (exact) mass is 479 g/mol. The standard InChI is InChI=1S/C19H21N5O4S3/c1-9-10(2)31-15-13(9)16(26)23(3)18(22-15)30-8-11-7-29-17(20-11)21-14(25)12-5-4-6-24(12)19(27)28/h7,12H,4-6,8H2,1-3H3,(H,27,28)(H,20,21,25). The van der Waals surface area contributed by atoms with Gasteiger partial charge in [-0.15, -0.1) is 22.7 Å². The number of likely N-dealkylation sites (tertiary alicyclic amines) is 1. The van der Waals surface area contributed by atoms with E-state index in [0.717, 1.165) is 25.9 Å². The van der Waals surface area contributed by atoms with E-state index >= 15 is 0 Å². The van der Waals surface area contributed by atoms with Crippen molar-refractivity contribution in [3.63, 3.8) is 0 Å². The van der Waals surface area contributed by atoms with E-state index in [0.29, 0.717) is 40.8 Å². The predicted octanol–water partition coefficient (Wildman–Crippen LogP) is 3.44. The summed E-state index contributed by atoms with van der Waals surface area (Å²) in [6.07, 6.45) is 0.0969. The Morgan fingerprint density at radius 2 is 2.13 bits per heavy atom. The summed E-state index contributed by atoms with van der Waals surface area (Å²) in [6, 6.07) is -0.678. The third-order valence-electron chi connectivity index (χ3n) is 5.30. The van der Waals surface area contributed by atoms with Gasteiger partial charge in [-0.25, -0.2) is 14.8 Å². The lowest BCUT2D eigenvalue weighted by atomic mass is 10.2. The molecule has 0 spiro atoms. The number of carboxylic acid groups (broad SMARTS) is 1. The van der Waals surface area contributed by atoms with Crippen LogP contribution in [-0.2, 0) is 17.6 Å². The van der Waals surface area contributed by atoms with Gasteiger partial charge < -0.3 is 10.4 Å². The first-order valence-corrected chi connectivity index (χ1v) is 12.3. The van der Waals surface area contributed by atoms with Crippen molar-refractivity contribution >= 4 is 61.8 Å². The number of anilines is 1. The van der Waals surface area contributed by atoms with Crippen molar-refractivity contribution in [2.45, 2.75) is 43.6 Å². The molecule has 164 valence electrons. The number of hydrogen-bond acceptors (Lipinski definition) is 8. The van der Waals surface area contributed by atoms with Crippen molar-refractivity contribution in [1.82, 2.24) is 19.4 Å².